The van der Waals surface area contributed by atoms with E-state index in [1.807, 2.05) is 103 Å². The van der Waals surface area contributed by atoms with Crippen molar-refractivity contribution in [1.29, 1.82) is 0 Å². The van der Waals surface area contributed by atoms with Gasteiger partial charge in [0.1, 0.15) is 11.5 Å². The van der Waals surface area contributed by atoms with Crippen LogP contribution in [0.2, 0.25) is 0 Å². The van der Waals surface area contributed by atoms with Crippen molar-refractivity contribution >= 4 is 18.1 Å². The lowest BCUT2D eigenvalue weighted by atomic mass is 9.89. The molecule has 0 radical (unpaired) electrons. The standard InChI is InChI=1S/C22H26O5.C22H26O4.CO2/c1-22(2,3)27-20(21(24)25)17-8-4-6-16(13-23)19(17)15-9-10-18-14(12-15)7-5-11-26-18;1-14-7-5-9-17(20(21(23)24)26-22(2,3)4)19(14)16-10-11-18-15(13-16)8-6-12-25-18;2-1-3/h4,6,8-10,12,20,23H,5,7,11,13H2,1-3H3,(H,24,25);5,7,9-11,13,20H,6,8,12H2,1-4H3,(H,23,24);. The zero-order valence-corrected chi connectivity index (χ0v) is 33.1. The highest BCUT2D eigenvalue weighted by Gasteiger charge is 2.31. The summed E-state index contributed by atoms with van der Waals surface area (Å²) in [4.78, 5) is 40.2. The van der Waals surface area contributed by atoms with E-state index in [1.54, 1.807) is 12.1 Å². The molecule has 56 heavy (non-hydrogen) atoms. The minimum atomic E-state index is -1.13. The van der Waals surface area contributed by atoms with Crippen molar-refractivity contribution in [3.8, 4) is 33.8 Å². The number of aliphatic carboxylic acids is 2. The number of aliphatic hydroxyl groups is 1. The number of aliphatic hydroxyl groups excluding tert-OH is 1. The normalized spacial score (nSPS) is 14.4. The number of benzene rings is 4. The molecule has 2 aliphatic heterocycles. The smallest absolute Gasteiger partial charge is 0.373 e. The van der Waals surface area contributed by atoms with Gasteiger partial charge >= 0.3 is 18.1 Å². The number of carboxylic acid groups (broad SMARTS) is 2. The van der Waals surface area contributed by atoms with Gasteiger partial charge in [0, 0.05) is 11.1 Å². The van der Waals surface area contributed by atoms with E-state index in [1.165, 1.54) is 5.56 Å². The molecule has 2 aliphatic rings. The summed E-state index contributed by atoms with van der Waals surface area (Å²) < 4.78 is 23.1. The molecule has 11 nitrogen and oxygen atoms in total. The Balaban J connectivity index is 0.000000233. The zero-order chi connectivity index (χ0) is 41.2. The lowest BCUT2D eigenvalue weighted by Crippen LogP contribution is -2.27. The van der Waals surface area contributed by atoms with Crippen LogP contribution in [-0.2, 0) is 48.1 Å². The van der Waals surface area contributed by atoms with Crippen molar-refractivity contribution in [2.24, 2.45) is 0 Å². The molecular formula is C45H52O11. The maximum atomic E-state index is 12.0. The second-order valence-corrected chi connectivity index (χ2v) is 15.6. The van der Waals surface area contributed by atoms with Crippen LogP contribution in [0.15, 0.2) is 72.8 Å². The van der Waals surface area contributed by atoms with Crippen molar-refractivity contribution in [2.75, 3.05) is 13.2 Å². The van der Waals surface area contributed by atoms with Gasteiger partial charge in [-0.2, -0.15) is 9.59 Å². The van der Waals surface area contributed by atoms with E-state index in [4.69, 9.17) is 28.5 Å². The number of hydrogen-bond donors (Lipinski definition) is 3. The Morgan fingerprint density at radius 2 is 1.12 bits per heavy atom. The number of ether oxygens (including phenoxy) is 4. The van der Waals surface area contributed by atoms with Crippen LogP contribution in [0.1, 0.15) is 100.0 Å². The second-order valence-electron chi connectivity index (χ2n) is 15.6. The van der Waals surface area contributed by atoms with Crippen molar-refractivity contribution in [1.82, 2.24) is 0 Å². The summed E-state index contributed by atoms with van der Waals surface area (Å²) in [6.07, 6.45) is 1.96. The number of aryl methyl sites for hydroxylation is 3. The first kappa shape index (κ1) is 43.4. The monoisotopic (exact) mass is 768 g/mol. The summed E-state index contributed by atoms with van der Waals surface area (Å²) >= 11 is 0. The molecule has 0 spiro atoms. The van der Waals surface area contributed by atoms with Crippen LogP contribution in [0.3, 0.4) is 0 Å². The van der Waals surface area contributed by atoms with Gasteiger partial charge in [0.25, 0.3) is 0 Å². The van der Waals surface area contributed by atoms with Crippen molar-refractivity contribution < 1.29 is 53.4 Å². The summed E-state index contributed by atoms with van der Waals surface area (Å²) in [6.45, 7) is 14.4. The molecule has 0 aromatic heterocycles. The first-order valence-corrected chi connectivity index (χ1v) is 18.6. The van der Waals surface area contributed by atoms with Crippen LogP contribution in [0, 0.1) is 6.92 Å². The highest BCUT2D eigenvalue weighted by Crippen LogP contribution is 2.40. The molecule has 0 fully saturated rings. The van der Waals surface area contributed by atoms with Crippen LogP contribution < -0.4 is 9.47 Å². The van der Waals surface area contributed by atoms with Gasteiger partial charge in [-0.15, -0.1) is 0 Å². The lowest BCUT2D eigenvalue weighted by Gasteiger charge is -2.27. The Morgan fingerprint density at radius 1 is 0.696 bits per heavy atom. The Hall–Kier alpha value is -5.32. The first-order chi connectivity index (χ1) is 26.5. The number of carbonyl (C=O) groups excluding carboxylic acids is 2. The molecule has 4 aromatic rings. The quantitative estimate of drug-likeness (QED) is 0.150. The van der Waals surface area contributed by atoms with Crippen molar-refractivity contribution in [3.05, 3.63) is 106 Å². The third-order valence-corrected chi connectivity index (χ3v) is 9.01. The Morgan fingerprint density at radius 3 is 1.55 bits per heavy atom. The lowest BCUT2D eigenvalue weighted by molar-refractivity contribution is -0.191. The van der Waals surface area contributed by atoms with Gasteiger partial charge in [0.2, 0.25) is 0 Å². The van der Waals surface area contributed by atoms with E-state index in [-0.39, 0.29) is 12.8 Å². The molecule has 2 atom stereocenters. The second kappa shape index (κ2) is 19.0. The summed E-state index contributed by atoms with van der Waals surface area (Å²) in [6, 6.07) is 23.0. The van der Waals surface area contributed by atoms with Gasteiger partial charge in [-0.1, -0.05) is 48.5 Å². The van der Waals surface area contributed by atoms with E-state index in [0.29, 0.717) is 28.9 Å². The van der Waals surface area contributed by atoms with E-state index < -0.39 is 35.3 Å². The fourth-order valence-electron chi connectivity index (χ4n) is 6.86. The molecule has 0 amide bonds. The van der Waals surface area contributed by atoms with E-state index in [9.17, 15) is 24.9 Å². The number of hydrogen-bond acceptors (Lipinski definition) is 9. The van der Waals surface area contributed by atoms with Gasteiger partial charge in [0.05, 0.1) is 31.0 Å². The fourth-order valence-corrected chi connectivity index (χ4v) is 6.86. The first-order valence-electron chi connectivity index (χ1n) is 18.6. The van der Waals surface area contributed by atoms with Gasteiger partial charge in [-0.05, 0) is 143 Å². The van der Waals surface area contributed by atoms with Gasteiger partial charge < -0.3 is 34.3 Å². The number of carbonyl (C=O) groups is 2. The molecule has 298 valence electrons. The minimum absolute atomic E-state index is 0.182. The molecule has 11 heteroatoms. The highest BCUT2D eigenvalue weighted by molar-refractivity contribution is 5.83. The Kier molecular flexibility index (Phi) is 14.7. The average molecular weight is 769 g/mol. The zero-order valence-electron chi connectivity index (χ0n) is 33.1. The minimum Gasteiger partial charge on any atom is -0.493 e. The number of rotatable bonds is 9. The maximum Gasteiger partial charge on any atom is 0.373 e. The molecule has 2 unspecified atom stereocenters. The molecule has 6 rings (SSSR count). The molecule has 3 N–H and O–H groups in total. The van der Waals surface area contributed by atoms with Gasteiger partial charge in [-0.25, -0.2) is 9.59 Å². The predicted molar refractivity (Wildman–Crippen MR) is 209 cm³/mol. The molecular weight excluding hydrogens is 716 g/mol. The topological polar surface area (TPSA) is 166 Å². The molecule has 2 heterocycles. The SMILES string of the molecule is CC(C)(C)OC(C(=O)O)c1cccc(CO)c1-c1ccc2c(c1)CCCO2.Cc1cccc(C(OC(C)(C)C)C(=O)O)c1-c1ccc2c(c1)CCCO2.O=C=O. The summed E-state index contributed by atoms with van der Waals surface area (Å²) in [7, 11) is 0. The average Bonchev–Trinajstić information content (AvgIpc) is 3.15. The van der Waals surface area contributed by atoms with E-state index in [2.05, 4.69) is 6.07 Å². The van der Waals surface area contributed by atoms with Crippen LogP contribution >= 0.6 is 0 Å². The fraction of sp³-hybridized carbons (Fsp3) is 0.400. The van der Waals surface area contributed by atoms with Crippen LogP contribution in [0.25, 0.3) is 22.3 Å². The van der Waals surface area contributed by atoms with Crippen molar-refractivity contribution in [2.45, 2.75) is 104 Å². The van der Waals surface area contributed by atoms with Gasteiger partial charge in [0.15, 0.2) is 12.2 Å². The number of fused-ring (bicyclic) bond motifs is 2. The van der Waals surface area contributed by atoms with Crippen LogP contribution in [0.5, 0.6) is 11.5 Å². The molecule has 0 saturated heterocycles. The number of carboxylic acids is 2. The summed E-state index contributed by atoms with van der Waals surface area (Å²) in [5, 5.41) is 29.5. The maximum absolute atomic E-state index is 12.0. The largest absolute Gasteiger partial charge is 0.493 e. The summed E-state index contributed by atoms with van der Waals surface area (Å²) in [5.41, 5.74) is 7.53. The molecule has 0 saturated carbocycles. The van der Waals surface area contributed by atoms with Crippen LogP contribution in [0.4, 0.5) is 0 Å². The third kappa shape index (κ3) is 11.4. The Labute approximate surface area is 328 Å². The summed E-state index contributed by atoms with van der Waals surface area (Å²) in [5.74, 6) is -0.236. The van der Waals surface area contributed by atoms with E-state index >= 15 is 0 Å². The van der Waals surface area contributed by atoms with Crippen LogP contribution in [-0.4, -0.2) is 57.8 Å². The molecule has 4 aromatic carbocycles. The molecule has 0 bridgehead atoms. The van der Waals surface area contributed by atoms with Gasteiger partial charge in [-0.3, -0.25) is 0 Å². The van der Waals surface area contributed by atoms with Crippen molar-refractivity contribution in [3.63, 3.8) is 0 Å². The highest BCUT2D eigenvalue weighted by atomic mass is 16.5. The van der Waals surface area contributed by atoms with E-state index in [0.717, 1.165) is 71.6 Å². The Bertz CT molecular complexity index is 2030. The molecule has 0 aliphatic carbocycles. The third-order valence-electron chi connectivity index (χ3n) is 9.01. The predicted octanol–water partition coefficient (Wildman–Crippen LogP) is 8.46.